The van der Waals surface area contributed by atoms with E-state index in [-0.39, 0.29) is 18.0 Å². The Kier molecular flexibility index (Phi) is 5.40. The number of fused-ring (bicyclic) bond motifs is 1. The minimum Gasteiger partial charge on any atom is -0.338 e. The van der Waals surface area contributed by atoms with Crippen LogP contribution in [0.25, 0.3) is 0 Å². The molecule has 0 radical (unpaired) electrons. The predicted molar refractivity (Wildman–Crippen MR) is 77.4 cm³/mol. The summed E-state index contributed by atoms with van der Waals surface area (Å²) in [5.41, 5.74) is 0. The SMILES string of the molecule is CCNC(=O)NC(=O)[C@H](C)[NH+]1CC[C@@H]2CCCC[C@@H]2C1. The van der Waals surface area contributed by atoms with Gasteiger partial charge in [-0.25, -0.2) is 4.79 Å². The van der Waals surface area contributed by atoms with Gasteiger partial charge in [-0.2, -0.15) is 0 Å². The molecule has 0 spiro atoms. The summed E-state index contributed by atoms with van der Waals surface area (Å²) in [6, 6.07) is -0.517. The van der Waals surface area contributed by atoms with Gasteiger partial charge < -0.3 is 10.2 Å². The van der Waals surface area contributed by atoms with Gasteiger partial charge in [0.2, 0.25) is 0 Å². The average molecular weight is 282 g/mol. The van der Waals surface area contributed by atoms with Crippen molar-refractivity contribution in [3.05, 3.63) is 0 Å². The maximum atomic E-state index is 12.1. The molecule has 0 aromatic rings. The fourth-order valence-electron chi connectivity index (χ4n) is 3.75. The lowest BCUT2D eigenvalue weighted by Gasteiger charge is -2.40. The van der Waals surface area contributed by atoms with E-state index in [0.29, 0.717) is 6.54 Å². The van der Waals surface area contributed by atoms with Crippen molar-refractivity contribution in [3.63, 3.8) is 0 Å². The number of rotatable bonds is 3. The first kappa shape index (κ1) is 15.3. The van der Waals surface area contributed by atoms with E-state index in [9.17, 15) is 9.59 Å². The lowest BCUT2D eigenvalue weighted by atomic mass is 9.75. The molecule has 1 saturated heterocycles. The summed E-state index contributed by atoms with van der Waals surface area (Å²) < 4.78 is 0. The average Bonchev–Trinajstić information content (AvgIpc) is 2.46. The molecule has 20 heavy (non-hydrogen) atoms. The van der Waals surface area contributed by atoms with Gasteiger partial charge in [0, 0.05) is 12.5 Å². The highest BCUT2D eigenvalue weighted by molar-refractivity contribution is 5.96. The zero-order chi connectivity index (χ0) is 14.5. The highest BCUT2D eigenvalue weighted by Gasteiger charge is 2.37. The van der Waals surface area contributed by atoms with Crippen molar-refractivity contribution >= 4 is 11.9 Å². The lowest BCUT2D eigenvalue weighted by molar-refractivity contribution is -0.924. The number of urea groups is 1. The van der Waals surface area contributed by atoms with Crippen LogP contribution in [0.4, 0.5) is 4.79 Å². The second kappa shape index (κ2) is 7.07. The second-order valence-electron chi connectivity index (χ2n) is 6.28. The number of piperidine rings is 1. The Balaban J connectivity index is 1.84. The molecule has 4 atom stereocenters. The van der Waals surface area contributed by atoms with Crippen LogP contribution in [0.5, 0.6) is 0 Å². The van der Waals surface area contributed by atoms with E-state index in [1.165, 1.54) is 37.0 Å². The quantitative estimate of drug-likeness (QED) is 0.698. The van der Waals surface area contributed by atoms with E-state index < -0.39 is 0 Å². The third-order valence-corrected chi connectivity index (χ3v) is 5.01. The zero-order valence-corrected chi connectivity index (χ0v) is 12.7. The summed E-state index contributed by atoms with van der Waals surface area (Å²) in [5.74, 6) is 1.51. The fraction of sp³-hybridized carbons (Fsp3) is 0.867. The van der Waals surface area contributed by atoms with Crippen LogP contribution < -0.4 is 15.5 Å². The number of amides is 3. The monoisotopic (exact) mass is 282 g/mol. The summed E-state index contributed by atoms with van der Waals surface area (Å²) in [6.45, 7) is 6.47. The molecule has 5 nitrogen and oxygen atoms in total. The molecule has 1 saturated carbocycles. The molecule has 114 valence electrons. The first-order chi connectivity index (χ1) is 9.61. The van der Waals surface area contributed by atoms with Crippen LogP contribution in [0.15, 0.2) is 0 Å². The van der Waals surface area contributed by atoms with Gasteiger partial charge in [-0.15, -0.1) is 0 Å². The minimum atomic E-state index is -0.378. The van der Waals surface area contributed by atoms with Gasteiger partial charge in [-0.05, 0) is 39.0 Å². The van der Waals surface area contributed by atoms with Crippen molar-refractivity contribution in [1.29, 1.82) is 0 Å². The molecule has 1 unspecified atom stereocenters. The Labute approximate surface area is 121 Å². The van der Waals surface area contributed by atoms with Gasteiger partial charge >= 0.3 is 6.03 Å². The van der Waals surface area contributed by atoms with Crippen LogP contribution >= 0.6 is 0 Å². The molecule has 1 aliphatic carbocycles. The van der Waals surface area contributed by atoms with Crippen molar-refractivity contribution < 1.29 is 14.5 Å². The molecule has 0 aromatic carbocycles. The molecular weight excluding hydrogens is 254 g/mol. The van der Waals surface area contributed by atoms with Gasteiger partial charge in [-0.3, -0.25) is 10.1 Å². The molecule has 1 heterocycles. The summed E-state index contributed by atoms with van der Waals surface area (Å²) in [7, 11) is 0. The predicted octanol–water partition coefficient (Wildman–Crippen LogP) is 0.316. The number of nitrogens with one attached hydrogen (secondary N) is 3. The number of imide groups is 1. The smallest absolute Gasteiger partial charge is 0.321 e. The second-order valence-corrected chi connectivity index (χ2v) is 6.28. The molecule has 2 aliphatic rings. The van der Waals surface area contributed by atoms with E-state index in [4.69, 9.17) is 0 Å². The molecule has 3 amide bonds. The van der Waals surface area contributed by atoms with Crippen LogP contribution in [0, 0.1) is 11.8 Å². The van der Waals surface area contributed by atoms with E-state index in [1.807, 2.05) is 13.8 Å². The Morgan fingerprint density at radius 2 is 1.90 bits per heavy atom. The van der Waals surface area contributed by atoms with Gasteiger partial charge in [0.15, 0.2) is 6.04 Å². The van der Waals surface area contributed by atoms with Gasteiger partial charge in [0.1, 0.15) is 0 Å². The van der Waals surface area contributed by atoms with Crippen molar-refractivity contribution in [2.75, 3.05) is 19.6 Å². The lowest BCUT2D eigenvalue weighted by Crippen LogP contribution is -3.18. The van der Waals surface area contributed by atoms with E-state index in [0.717, 1.165) is 24.9 Å². The highest BCUT2D eigenvalue weighted by Crippen LogP contribution is 2.32. The van der Waals surface area contributed by atoms with E-state index in [2.05, 4.69) is 10.6 Å². The Morgan fingerprint density at radius 3 is 2.60 bits per heavy atom. The summed E-state index contributed by atoms with van der Waals surface area (Å²) in [4.78, 5) is 24.9. The van der Waals surface area contributed by atoms with E-state index in [1.54, 1.807) is 0 Å². The number of likely N-dealkylation sites (tertiary alicyclic amines) is 1. The third kappa shape index (κ3) is 3.72. The normalized spacial score (nSPS) is 31.0. The molecule has 1 aliphatic heterocycles. The molecular formula is C15H28N3O2+. The third-order valence-electron chi connectivity index (χ3n) is 5.01. The first-order valence-electron chi connectivity index (χ1n) is 8.05. The topological polar surface area (TPSA) is 62.6 Å². The van der Waals surface area contributed by atoms with Crippen LogP contribution in [0.1, 0.15) is 46.0 Å². The first-order valence-corrected chi connectivity index (χ1v) is 8.05. The maximum absolute atomic E-state index is 12.1. The largest absolute Gasteiger partial charge is 0.338 e. The molecule has 2 fully saturated rings. The number of carbonyl (C=O) groups excluding carboxylic acids is 2. The number of hydrogen-bond acceptors (Lipinski definition) is 2. The minimum absolute atomic E-state index is 0.138. The molecule has 0 bridgehead atoms. The molecule has 5 heteroatoms. The summed E-state index contributed by atoms with van der Waals surface area (Å²) in [5, 5.41) is 5.04. The number of hydrogen-bond donors (Lipinski definition) is 3. The zero-order valence-electron chi connectivity index (χ0n) is 12.7. The van der Waals surface area contributed by atoms with Gasteiger partial charge in [0.25, 0.3) is 5.91 Å². The Hall–Kier alpha value is -1.10. The van der Waals surface area contributed by atoms with E-state index >= 15 is 0 Å². The van der Waals surface area contributed by atoms with Gasteiger partial charge in [-0.1, -0.05) is 12.8 Å². The fourth-order valence-corrected chi connectivity index (χ4v) is 3.75. The molecule has 2 rings (SSSR count). The van der Waals surface area contributed by atoms with Gasteiger partial charge in [0.05, 0.1) is 13.1 Å². The summed E-state index contributed by atoms with van der Waals surface area (Å²) >= 11 is 0. The van der Waals surface area contributed by atoms with Crippen molar-refractivity contribution in [3.8, 4) is 0 Å². The summed E-state index contributed by atoms with van der Waals surface area (Å²) in [6.07, 6.45) is 6.65. The molecule has 0 aromatic heterocycles. The standard InChI is InChI=1S/C15H27N3O2/c1-3-16-15(20)17-14(19)11(2)18-9-8-12-6-4-5-7-13(12)10-18/h11-13H,3-10H2,1-2H3,(H2,16,17,19,20)/p+1/t11-,12-,13+/m0/s1. The van der Waals surface area contributed by atoms with Crippen LogP contribution in [0.2, 0.25) is 0 Å². The van der Waals surface area contributed by atoms with Crippen LogP contribution in [0.3, 0.4) is 0 Å². The Morgan fingerprint density at radius 1 is 1.20 bits per heavy atom. The van der Waals surface area contributed by atoms with Crippen LogP contribution in [-0.4, -0.2) is 37.6 Å². The maximum Gasteiger partial charge on any atom is 0.321 e. The van der Waals surface area contributed by atoms with Crippen molar-refractivity contribution in [2.45, 2.75) is 52.0 Å². The number of quaternary nitrogens is 1. The Bertz CT molecular complexity index is 359. The van der Waals surface area contributed by atoms with Crippen molar-refractivity contribution in [2.24, 2.45) is 11.8 Å². The molecule has 3 N–H and O–H groups in total. The van der Waals surface area contributed by atoms with Crippen molar-refractivity contribution in [1.82, 2.24) is 10.6 Å². The van der Waals surface area contributed by atoms with Crippen LogP contribution in [-0.2, 0) is 4.79 Å². The number of carbonyl (C=O) groups is 2. The highest BCUT2D eigenvalue weighted by atomic mass is 16.2.